The average molecular weight is 320 g/mol. The van der Waals surface area contributed by atoms with Crippen molar-refractivity contribution in [2.75, 3.05) is 11.5 Å². The Balaban J connectivity index is 1.84. The minimum absolute atomic E-state index is 0.0538. The molecule has 2 aromatic rings. The molecule has 1 amide bonds. The molecule has 1 aromatic carbocycles. The van der Waals surface area contributed by atoms with E-state index in [4.69, 9.17) is 0 Å². The molecule has 116 valence electrons. The summed E-state index contributed by atoms with van der Waals surface area (Å²) in [6.07, 6.45) is 0.355. The molecule has 1 aromatic heterocycles. The van der Waals surface area contributed by atoms with Gasteiger partial charge in [0.2, 0.25) is 0 Å². The molecule has 3 rings (SSSR count). The average Bonchev–Trinajstić information content (AvgIpc) is 2.96. The first-order chi connectivity index (χ1) is 10.4. The van der Waals surface area contributed by atoms with E-state index in [-0.39, 0.29) is 11.5 Å². The van der Waals surface area contributed by atoms with E-state index in [9.17, 15) is 18.0 Å². The Morgan fingerprint density at radius 3 is 2.68 bits per heavy atom. The van der Waals surface area contributed by atoms with E-state index in [1.807, 2.05) is 12.1 Å². The highest BCUT2D eigenvalue weighted by molar-refractivity contribution is 7.91. The summed E-state index contributed by atoms with van der Waals surface area (Å²) in [5.41, 5.74) is 1.76. The lowest BCUT2D eigenvalue weighted by atomic mass is 10.1. The van der Waals surface area contributed by atoms with Gasteiger partial charge in [0.05, 0.1) is 17.1 Å². The van der Waals surface area contributed by atoms with Gasteiger partial charge >= 0.3 is 0 Å². The molecule has 6 nitrogen and oxygen atoms in total. The molecule has 7 heteroatoms. The molecular formula is C15H16N2O4S. The third-order valence-corrected chi connectivity index (χ3v) is 5.66. The number of benzene rings is 1. The number of hydrogen-bond donors (Lipinski definition) is 2. The largest absolute Gasteiger partial charge is 0.358 e. The highest BCUT2D eigenvalue weighted by Crippen LogP contribution is 2.22. The number of aryl methyl sites for hydroxylation is 1. The summed E-state index contributed by atoms with van der Waals surface area (Å²) in [7, 11) is -3.10. The number of sulfone groups is 1. The van der Waals surface area contributed by atoms with Crippen molar-refractivity contribution in [3.8, 4) is 0 Å². The molecule has 0 radical (unpaired) electrons. The molecule has 1 saturated heterocycles. The Bertz CT molecular complexity index is 867. The number of carbonyl (C=O) groups is 2. The van der Waals surface area contributed by atoms with E-state index in [0.717, 1.165) is 5.52 Å². The zero-order valence-corrected chi connectivity index (χ0v) is 12.9. The van der Waals surface area contributed by atoms with Gasteiger partial charge in [-0.05, 0) is 19.4 Å². The van der Waals surface area contributed by atoms with Gasteiger partial charge in [-0.3, -0.25) is 9.59 Å². The van der Waals surface area contributed by atoms with E-state index in [2.05, 4.69) is 10.3 Å². The maximum absolute atomic E-state index is 12.4. The van der Waals surface area contributed by atoms with Gasteiger partial charge in [-0.25, -0.2) is 8.42 Å². The van der Waals surface area contributed by atoms with Crippen LogP contribution in [0.25, 0.3) is 10.9 Å². The van der Waals surface area contributed by atoms with Crippen LogP contribution in [0.2, 0.25) is 0 Å². The lowest BCUT2D eigenvalue weighted by molar-refractivity contribution is -0.117. The Labute approximate surface area is 127 Å². The number of amides is 1. The van der Waals surface area contributed by atoms with Gasteiger partial charge in [0.15, 0.2) is 9.84 Å². The highest BCUT2D eigenvalue weighted by Gasteiger charge is 2.31. The van der Waals surface area contributed by atoms with Crippen molar-refractivity contribution >= 4 is 32.4 Å². The van der Waals surface area contributed by atoms with E-state index in [0.29, 0.717) is 23.1 Å². The second-order valence-corrected chi connectivity index (χ2v) is 7.80. The van der Waals surface area contributed by atoms with Crippen LogP contribution >= 0.6 is 0 Å². The number of fused-ring (bicyclic) bond motifs is 1. The number of hydrogen-bond acceptors (Lipinski definition) is 4. The van der Waals surface area contributed by atoms with Crippen LogP contribution in [0.4, 0.5) is 0 Å². The van der Waals surface area contributed by atoms with Crippen molar-refractivity contribution in [1.82, 2.24) is 10.3 Å². The van der Waals surface area contributed by atoms with Crippen LogP contribution in [-0.4, -0.2) is 42.6 Å². The van der Waals surface area contributed by atoms with Crippen LogP contribution in [0, 0.1) is 6.92 Å². The van der Waals surface area contributed by atoms with Crippen molar-refractivity contribution in [2.45, 2.75) is 19.4 Å². The molecule has 22 heavy (non-hydrogen) atoms. The Kier molecular flexibility index (Phi) is 3.52. The van der Waals surface area contributed by atoms with Gasteiger partial charge in [-0.1, -0.05) is 18.2 Å². The standard InChI is InChI=1S/C15H16N2O4S/c1-9-13(11-4-2-3-5-12(11)16-9)14(18)15(19)17-10-6-7-22(20,21)8-10/h2-5,10,16H,6-8H2,1H3,(H,17,19)/t10-/m0/s1. The summed E-state index contributed by atoms with van der Waals surface area (Å²) in [5.74, 6) is -1.44. The van der Waals surface area contributed by atoms with E-state index >= 15 is 0 Å². The molecule has 1 fully saturated rings. The number of carbonyl (C=O) groups excluding carboxylic acids is 2. The fourth-order valence-corrected chi connectivity index (χ4v) is 4.52. The molecule has 2 N–H and O–H groups in total. The summed E-state index contributed by atoms with van der Waals surface area (Å²) >= 11 is 0. The highest BCUT2D eigenvalue weighted by atomic mass is 32.2. The predicted molar refractivity (Wildman–Crippen MR) is 82.6 cm³/mol. The maximum Gasteiger partial charge on any atom is 0.292 e. The molecular weight excluding hydrogens is 304 g/mol. The maximum atomic E-state index is 12.4. The number of aromatic nitrogens is 1. The molecule has 0 unspecified atom stereocenters. The molecule has 1 aliphatic rings. The summed E-state index contributed by atoms with van der Waals surface area (Å²) in [5, 5.41) is 3.23. The summed E-state index contributed by atoms with van der Waals surface area (Å²) in [6, 6.07) is 6.77. The fraction of sp³-hybridized carbons (Fsp3) is 0.333. The number of nitrogens with one attached hydrogen (secondary N) is 2. The molecule has 0 saturated carbocycles. The third kappa shape index (κ3) is 2.64. The SMILES string of the molecule is Cc1[nH]c2ccccc2c1C(=O)C(=O)N[C@H]1CCS(=O)(=O)C1. The van der Waals surface area contributed by atoms with Gasteiger partial charge in [0, 0.05) is 22.6 Å². The van der Waals surface area contributed by atoms with Crippen LogP contribution in [0.1, 0.15) is 22.5 Å². The smallest absolute Gasteiger partial charge is 0.292 e. The van der Waals surface area contributed by atoms with Gasteiger partial charge in [-0.2, -0.15) is 0 Å². The van der Waals surface area contributed by atoms with Crippen molar-refractivity contribution in [2.24, 2.45) is 0 Å². The number of H-pyrrole nitrogens is 1. The second-order valence-electron chi connectivity index (χ2n) is 5.57. The van der Waals surface area contributed by atoms with Crippen molar-refractivity contribution in [1.29, 1.82) is 0 Å². The third-order valence-electron chi connectivity index (χ3n) is 3.89. The van der Waals surface area contributed by atoms with Gasteiger partial charge in [0.25, 0.3) is 11.7 Å². The van der Waals surface area contributed by atoms with Crippen molar-refractivity contribution < 1.29 is 18.0 Å². The lowest BCUT2D eigenvalue weighted by Crippen LogP contribution is -2.40. The summed E-state index contributed by atoms with van der Waals surface area (Å²) in [6.45, 7) is 1.74. The number of para-hydroxylation sites is 1. The molecule has 1 aliphatic heterocycles. The number of ketones is 1. The van der Waals surface area contributed by atoms with Crippen molar-refractivity contribution in [3.63, 3.8) is 0 Å². The van der Waals surface area contributed by atoms with Gasteiger partial charge in [0.1, 0.15) is 0 Å². The molecule has 1 atom stereocenters. The van der Waals surface area contributed by atoms with Crippen LogP contribution in [-0.2, 0) is 14.6 Å². The Hall–Kier alpha value is -2.15. The first kappa shape index (κ1) is 14.8. The fourth-order valence-electron chi connectivity index (χ4n) is 2.84. The molecule has 2 heterocycles. The minimum atomic E-state index is -3.10. The minimum Gasteiger partial charge on any atom is -0.358 e. The zero-order valence-electron chi connectivity index (χ0n) is 12.0. The van der Waals surface area contributed by atoms with Crippen LogP contribution < -0.4 is 5.32 Å². The molecule has 0 aliphatic carbocycles. The lowest BCUT2D eigenvalue weighted by Gasteiger charge is -2.10. The van der Waals surface area contributed by atoms with Crippen molar-refractivity contribution in [3.05, 3.63) is 35.5 Å². The second kappa shape index (κ2) is 5.24. The first-order valence-corrected chi connectivity index (χ1v) is 8.82. The van der Waals surface area contributed by atoms with E-state index < -0.39 is 27.6 Å². The number of Topliss-reactive ketones (excluding diaryl/α,β-unsaturated/α-hetero) is 1. The Morgan fingerprint density at radius 2 is 2.00 bits per heavy atom. The summed E-state index contributed by atoms with van der Waals surface area (Å²) in [4.78, 5) is 27.6. The van der Waals surface area contributed by atoms with Gasteiger partial charge in [-0.15, -0.1) is 0 Å². The van der Waals surface area contributed by atoms with Crippen LogP contribution in [0.3, 0.4) is 0 Å². The molecule has 0 spiro atoms. The van der Waals surface area contributed by atoms with Crippen LogP contribution in [0.15, 0.2) is 24.3 Å². The topological polar surface area (TPSA) is 96.1 Å². The normalized spacial score (nSPS) is 20.1. The number of rotatable bonds is 3. The zero-order chi connectivity index (χ0) is 15.9. The monoisotopic (exact) mass is 320 g/mol. The quantitative estimate of drug-likeness (QED) is 0.650. The predicted octanol–water partition coefficient (Wildman–Crippen LogP) is 0.962. The van der Waals surface area contributed by atoms with Crippen LogP contribution in [0.5, 0.6) is 0 Å². The summed E-state index contributed by atoms with van der Waals surface area (Å²) < 4.78 is 22.8. The first-order valence-electron chi connectivity index (χ1n) is 7.00. The van der Waals surface area contributed by atoms with Gasteiger partial charge < -0.3 is 10.3 Å². The molecule has 0 bridgehead atoms. The number of aromatic amines is 1. The van der Waals surface area contributed by atoms with E-state index in [1.54, 1.807) is 19.1 Å². The van der Waals surface area contributed by atoms with E-state index in [1.165, 1.54) is 0 Å². The Morgan fingerprint density at radius 1 is 1.27 bits per heavy atom.